The first kappa shape index (κ1) is 18.4. The third-order valence-corrected chi connectivity index (χ3v) is 2.22. The lowest BCUT2D eigenvalue weighted by Crippen LogP contribution is -2.12. The van der Waals surface area contributed by atoms with Gasteiger partial charge in [0.05, 0.1) is 6.61 Å². The Morgan fingerprint density at radius 3 is 2.00 bits per heavy atom. The number of anilines is 1. The average molecular weight is 298 g/mol. The molecule has 1 heterocycles. The van der Waals surface area contributed by atoms with Crippen LogP contribution in [0.25, 0.3) is 0 Å². The maximum absolute atomic E-state index is 9.90. The molecular weight excluding hydrogens is 280 g/mol. The molecular formula is C13H18N2O6. The number of nitrogens with two attached hydrogens (primary N) is 1. The topological polar surface area (TPSA) is 139 Å². The summed E-state index contributed by atoms with van der Waals surface area (Å²) in [5.41, 5.74) is 7.50. The Balaban J connectivity index is 0.000000291. The summed E-state index contributed by atoms with van der Waals surface area (Å²) in [7, 11) is 1.53. The third-order valence-electron chi connectivity index (χ3n) is 2.22. The van der Waals surface area contributed by atoms with Gasteiger partial charge in [-0.25, -0.2) is 9.59 Å². The van der Waals surface area contributed by atoms with Gasteiger partial charge >= 0.3 is 11.9 Å². The molecule has 8 nitrogen and oxygen atoms in total. The van der Waals surface area contributed by atoms with Crippen LogP contribution in [0.3, 0.4) is 0 Å². The van der Waals surface area contributed by atoms with Gasteiger partial charge in [-0.2, -0.15) is 0 Å². The summed E-state index contributed by atoms with van der Waals surface area (Å²) in [5, 5.41) is 18.0. The number of fused-ring (bicyclic) bond motifs is 1. The third kappa shape index (κ3) is 9.00. The number of carboxylic acids is 2. The second-order valence-corrected chi connectivity index (χ2v) is 3.83. The van der Waals surface area contributed by atoms with Crippen molar-refractivity contribution >= 4 is 23.5 Å². The van der Waals surface area contributed by atoms with E-state index in [2.05, 4.69) is 28.3 Å². The number of amides is 1. The van der Waals surface area contributed by atoms with Crippen molar-refractivity contribution in [2.75, 3.05) is 19.0 Å². The zero-order valence-corrected chi connectivity index (χ0v) is 11.5. The minimum absolute atomic E-state index is 0.316. The average Bonchev–Trinajstić information content (AvgIpc) is 2.39. The molecule has 0 unspecified atom stereocenters. The van der Waals surface area contributed by atoms with Gasteiger partial charge in [0.2, 0.25) is 5.91 Å². The van der Waals surface area contributed by atoms with Gasteiger partial charge in [0.25, 0.3) is 0 Å². The Bertz CT molecular complexity index is 454. The Labute approximate surface area is 121 Å². The minimum atomic E-state index is -1.82. The van der Waals surface area contributed by atoms with Crippen molar-refractivity contribution in [2.45, 2.75) is 13.0 Å². The van der Waals surface area contributed by atoms with Crippen LogP contribution in [0.4, 0.5) is 5.69 Å². The second-order valence-electron chi connectivity index (χ2n) is 3.83. The van der Waals surface area contributed by atoms with E-state index in [1.54, 1.807) is 0 Å². The van der Waals surface area contributed by atoms with E-state index in [-0.39, 0.29) is 5.91 Å². The molecule has 1 aliphatic rings. The monoisotopic (exact) mass is 298 g/mol. The Morgan fingerprint density at radius 1 is 1.24 bits per heavy atom. The molecule has 2 rings (SSSR count). The number of methoxy groups -OCH3 is 1. The zero-order chi connectivity index (χ0) is 16.3. The smallest absolute Gasteiger partial charge is 0.414 e. The molecule has 0 atom stereocenters. The quantitative estimate of drug-likeness (QED) is 0.587. The molecule has 1 amide bonds. The number of carbonyl (C=O) groups excluding carboxylic acids is 1. The molecule has 21 heavy (non-hydrogen) atoms. The van der Waals surface area contributed by atoms with Crippen LogP contribution >= 0.6 is 0 Å². The SMILES string of the molecule is COCCC(N)=O.O=C(O)C(=O)O.c1ccc2c(c1)CN2. The first-order valence-corrected chi connectivity index (χ1v) is 5.93. The van der Waals surface area contributed by atoms with E-state index < -0.39 is 11.9 Å². The molecule has 0 aliphatic carbocycles. The van der Waals surface area contributed by atoms with Crippen molar-refractivity contribution < 1.29 is 29.3 Å². The van der Waals surface area contributed by atoms with Crippen molar-refractivity contribution in [2.24, 2.45) is 5.73 Å². The van der Waals surface area contributed by atoms with Gasteiger partial charge < -0.3 is 26.0 Å². The van der Waals surface area contributed by atoms with E-state index in [0.29, 0.717) is 13.0 Å². The van der Waals surface area contributed by atoms with Gasteiger partial charge in [-0.15, -0.1) is 0 Å². The van der Waals surface area contributed by atoms with Crippen LogP contribution in [-0.4, -0.2) is 41.8 Å². The van der Waals surface area contributed by atoms with Crippen LogP contribution in [-0.2, 0) is 25.7 Å². The van der Waals surface area contributed by atoms with Gasteiger partial charge in [-0.1, -0.05) is 18.2 Å². The minimum Gasteiger partial charge on any atom is -0.473 e. The first-order chi connectivity index (χ1) is 9.88. The highest BCUT2D eigenvalue weighted by atomic mass is 16.5. The summed E-state index contributed by atoms with van der Waals surface area (Å²) in [6, 6.07) is 8.36. The standard InChI is InChI=1S/C7H7N.C4H9NO2.C2H2O4/c1-2-4-7-6(3-1)5-8-7;1-7-3-2-4(5)6;3-1(4)2(5)6/h1-4,8H,5H2;2-3H2,1H3,(H2,5,6);(H,3,4)(H,5,6). The van der Waals surface area contributed by atoms with E-state index in [9.17, 15) is 4.79 Å². The van der Waals surface area contributed by atoms with Crippen molar-refractivity contribution in [3.8, 4) is 0 Å². The number of rotatable bonds is 3. The summed E-state index contributed by atoms with van der Waals surface area (Å²) in [6.45, 7) is 1.48. The molecule has 1 aliphatic heterocycles. The van der Waals surface area contributed by atoms with Gasteiger partial charge in [0.1, 0.15) is 0 Å². The van der Waals surface area contributed by atoms with Gasteiger partial charge in [-0.05, 0) is 11.6 Å². The predicted octanol–water partition coefficient (Wildman–Crippen LogP) is 0.276. The zero-order valence-electron chi connectivity index (χ0n) is 11.5. The van der Waals surface area contributed by atoms with Crippen molar-refractivity contribution in [3.05, 3.63) is 29.8 Å². The number of para-hydroxylation sites is 1. The highest BCUT2D eigenvalue weighted by Gasteiger charge is 2.07. The highest BCUT2D eigenvalue weighted by Crippen LogP contribution is 2.23. The molecule has 0 saturated heterocycles. The van der Waals surface area contributed by atoms with E-state index >= 15 is 0 Å². The number of hydrogen-bond acceptors (Lipinski definition) is 5. The number of hydrogen-bond donors (Lipinski definition) is 4. The first-order valence-electron chi connectivity index (χ1n) is 5.93. The van der Waals surface area contributed by atoms with Crippen LogP contribution in [0.15, 0.2) is 24.3 Å². The Morgan fingerprint density at radius 2 is 1.81 bits per heavy atom. The molecule has 8 heteroatoms. The van der Waals surface area contributed by atoms with Crippen LogP contribution in [0, 0.1) is 0 Å². The lowest BCUT2D eigenvalue weighted by atomic mass is 10.1. The molecule has 0 saturated carbocycles. The van der Waals surface area contributed by atoms with Crippen LogP contribution in [0.5, 0.6) is 0 Å². The van der Waals surface area contributed by atoms with E-state index in [1.165, 1.54) is 18.4 Å². The van der Waals surface area contributed by atoms with Crippen LogP contribution in [0.1, 0.15) is 12.0 Å². The van der Waals surface area contributed by atoms with Crippen LogP contribution in [0.2, 0.25) is 0 Å². The fourth-order valence-electron chi connectivity index (χ4n) is 1.13. The Hall–Kier alpha value is -2.61. The molecule has 0 spiro atoms. The molecule has 0 radical (unpaired) electrons. The van der Waals surface area contributed by atoms with Crippen molar-refractivity contribution in [3.63, 3.8) is 0 Å². The fraction of sp³-hybridized carbons (Fsp3) is 0.308. The molecule has 0 bridgehead atoms. The second kappa shape index (κ2) is 10.2. The van der Waals surface area contributed by atoms with Gasteiger partial charge in [0, 0.05) is 25.8 Å². The Kier molecular flexibility index (Phi) is 8.94. The maximum atomic E-state index is 9.90. The van der Waals surface area contributed by atoms with Crippen LogP contribution < -0.4 is 11.1 Å². The lowest BCUT2D eigenvalue weighted by molar-refractivity contribution is -0.159. The summed E-state index contributed by atoms with van der Waals surface area (Å²) in [5.74, 6) is -3.97. The molecule has 5 N–H and O–H groups in total. The van der Waals surface area contributed by atoms with E-state index in [4.69, 9.17) is 25.5 Å². The largest absolute Gasteiger partial charge is 0.473 e. The van der Waals surface area contributed by atoms with Crippen molar-refractivity contribution in [1.29, 1.82) is 0 Å². The predicted molar refractivity (Wildman–Crippen MR) is 74.7 cm³/mol. The normalized spacial score (nSPS) is 10.1. The highest BCUT2D eigenvalue weighted by molar-refractivity contribution is 6.27. The molecule has 1 aromatic carbocycles. The molecule has 0 aromatic heterocycles. The lowest BCUT2D eigenvalue weighted by Gasteiger charge is -2.19. The van der Waals surface area contributed by atoms with Gasteiger partial charge in [0.15, 0.2) is 0 Å². The number of nitrogens with one attached hydrogen (secondary N) is 1. The van der Waals surface area contributed by atoms with Crippen molar-refractivity contribution in [1.82, 2.24) is 0 Å². The molecule has 0 fully saturated rings. The van der Waals surface area contributed by atoms with E-state index in [1.807, 2.05) is 6.07 Å². The summed E-state index contributed by atoms with van der Waals surface area (Å²) < 4.78 is 4.55. The number of carbonyl (C=O) groups is 3. The number of primary amides is 1. The summed E-state index contributed by atoms with van der Waals surface area (Å²) in [6.07, 6.45) is 0.316. The number of ether oxygens (including phenoxy) is 1. The van der Waals surface area contributed by atoms with Gasteiger partial charge in [-0.3, -0.25) is 4.79 Å². The maximum Gasteiger partial charge on any atom is 0.414 e. The number of benzene rings is 1. The fourth-order valence-corrected chi connectivity index (χ4v) is 1.13. The molecule has 1 aromatic rings. The number of aliphatic carboxylic acids is 2. The van der Waals surface area contributed by atoms with E-state index in [0.717, 1.165) is 6.54 Å². The molecule has 116 valence electrons. The summed E-state index contributed by atoms with van der Waals surface area (Å²) in [4.78, 5) is 28.1. The summed E-state index contributed by atoms with van der Waals surface area (Å²) >= 11 is 0. The number of carboxylic acid groups (broad SMARTS) is 2.